The molecule has 1 heteroatoms. The van der Waals surface area contributed by atoms with Crippen molar-refractivity contribution in [1.29, 1.82) is 0 Å². The lowest BCUT2D eigenvalue weighted by Crippen LogP contribution is -2.05. The van der Waals surface area contributed by atoms with E-state index in [9.17, 15) is 0 Å². The third kappa shape index (κ3) is 17.4. The van der Waals surface area contributed by atoms with E-state index < -0.39 is 0 Å². The summed E-state index contributed by atoms with van der Waals surface area (Å²) in [5.74, 6) is 4.29. The Kier molecular flexibility index (Phi) is 22.0. The molecule has 0 bridgehead atoms. The number of nitrogens with two attached hydrogens (primary N) is 1. The highest BCUT2D eigenvalue weighted by Gasteiger charge is 2.13. The fourth-order valence-electron chi connectivity index (χ4n) is 6.81. The first-order valence-electron chi connectivity index (χ1n) is 16.4. The van der Waals surface area contributed by atoms with Crippen molar-refractivity contribution in [2.45, 2.75) is 181 Å². The fraction of sp³-hybridized carbons (Fsp3) is 1.00. The molecule has 34 heavy (non-hydrogen) atoms. The maximum absolute atomic E-state index is 5.41. The number of unbranched alkanes of at least 4 members (excludes halogenated alkanes) is 1. The van der Waals surface area contributed by atoms with Crippen molar-refractivity contribution >= 4 is 0 Å². The van der Waals surface area contributed by atoms with Crippen molar-refractivity contribution in [1.82, 2.24) is 0 Å². The summed E-state index contributed by atoms with van der Waals surface area (Å²) in [6, 6.07) is 0. The van der Waals surface area contributed by atoms with Crippen LogP contribution >= 0.6 is 0 Å². The standard InChI is InChI=1S/C10H20.C9H18.C7H15N.C7H14/c1-2-3-7-10-8-5-4-6-9-10;1-2-6-9-7-4-3-5-8-9;8-6-5-7-3-1-2-4-7;1-2-7-5-3-4-6-7/h10H,2-9H2,1H3;9H,2-8H2,1H3;7H,1-6,8H2;7H,2-6H2,1H3. The quantitative estimate of drug-likeness (QED) is 0.369. The van der Waals surface area contributed by atoms with E-state index in [4.69, 9.17) is 5.73 Å². The maximum Gasteiger partial charge on any atom is -0.00746 e. The second kappa shape index (κ2) is 23.4. The van der Waals surface area contributed by atoms with Gasteiger partial charge < -0.3 is 5.73 Å². The van der Waals surface area contributed by atoms with Crippen LogP contribution in [0.2, 0.25) is 0 Å². The minimum atomic E-state index is 0.894. The zero-order valence-electron chi connectivity index (χ0n) is 24.3. The second-order valence-corrected chi connectivity index (χ2v) is 12.2. The van der Waals surface area contributed by atoms with Gasteiger partial charge in [-0.25, -0.2) is 0 Å². The van der Waals surface area contributed by atoms with Crippen molar-refractivity contribution in [3.05, 3.63) is 0 Å². The molecule has 4 rings (SSSR count). The molecule has 204 valence electrons. The van der Waals surface area contributed by atoms with E-state index in [1.807, 2.05) is 0 Å². The lowest BCUT2D eigenvalue weighted by Gasteiger charge is -2.20. The van der Waals surface area contributed by atoms with E-state index in [1.54, 1.807) is 0 Å². The van der Waals surface area contributed by atoms with Gasteiger partial charge in [0.05, 0.1) is 0 Å². The van der Waals surface area contributed by atoms with Crippen molar-refractivity contribution < 1.29 is 0 Å². The molecule has 0 aliphatic heterocycles. The van der Waals surface area contributed by atoms with Crippen LogP contribution in [0.5, 0.6) is 0 Å². The van der Waals surface area contributed by atoms with Crippen LogP contribution in [0.1, 0.15) is 181 Å². The van der Waals surface area contributed by atoms with E-state index in [0.29, 0.717) is 0 Å². The molecule has 0 saturated heterocycles. The van der Waals surface area contributed by atoms with Gasteiger partial charge in [-0.15, -0.1) is 0 Å². The molecule has 0 aromatic rings. The summed E-state index contributed by atoms with van der Waals surface area (Å²) in [7, 11) is 0. The van der Waals surface area contributed by atoms with Crippen molar-refractivity contribution in [2.24, 2.45) is 29.4 Å². The average Bonchev–Trinajstić information content (AvgIpc) is 3.60. The second-order valence-electron chi connectivity index (χ2n) is 12.2. The molecular weight excluding hydrogens is 410 g/mol. The third-order valence-corrected chi connectivity index (χ3v) is 9.21. The number of hydrogen-bond acceptors (Lipinski definition) is 1. The molecule has 0 amide bonds. The average molecular weight is 478 g/mol. The van der Waals surface area contributed by atoms with Crippen molar-refractivity contribution in [3.63, 3.8) is 0 Å². The largest absolute Gasteiger partial charge is 0.330 e. The Hall–Kier alpha value is -0.0400. The van der Waals surface area contributed by atoms with Crippen LogP contribution in [-0.2, 0) is 0 Å². The van der Waals surface area contributed by atoms with Gasteiger partial charge >= 0.3 is 0 Å². The molecule has 0 atom stereocenters. The van der Waals surface area contributed by atoms with Crippen LogP contribution < -0.4 is 5.73 Å². The first kappa shape index (κ1) is 32.0. The Labute approximate surface area is 217 Å². The molecule has 4 fully saturated rings. The summed E-state index contributed by atoms with van der Waals surface area (Å²) in [6.07, 6.45) is 36.8. The fourth-order valence-corrected chi connectivity index (χ4v) is 6.81. The highest BCUT2D eigenvalue weighted by atomic mass is 14.5. The summed E-state index contributed by atoms with van der Waals surface area (Å²) in [6.45, 7) is 7.79. The topological polar surface area (TPSA) is 26.0 Å². The van der Waals surface area contributed by atoms with E-state index in [2.05, 4.69) is 20.8 Å². The first-order valence-corrected chi connectivity index (χ1v) is 16.4. The molecule has 4 saturated carbocycles. The van der Waals surface area contributed by atoms with E-state index in [1.165, 1.54) is 161 Å². The first-order chi connectivity index (χ1) is 16.7. The molecule has 0 aromatic heterocycles. The number of rotatable bonds is 8. The summed E-state index contributed by atoms with van der Waals surface area (Å²) in [5, 5.41) is 0. The van der Waals surface area contributed by atoms with E-state index >= 15 is 0 Å². The van der Waals surface area contributed by atoms with Gasteiger partial charge in [-0.1, -0.05) is 175 Å². The Balaban J connectivity index is 0.000000228. The molecule has 0 heterocycles. The van der Waals surface area contributed by atoms with Gasteiger partial charge in [0, 0.05) is 0 Å². The predicted molar refractivity (Wildman–Crippen MR) is 155 cm³/mol. The molecule has 0 radical (unpaired) electrons. The van der Waals surface area contributed by atoms with Crippen LogP contribution in [0, 0.1) is 23.7 Å². The summed E-state index contributed by atoms with van der Waals surface area (Å²) in [5.41, 5.74) is 5.41. The van der Waals surface area contributed by atoms with Crippen LogP contribution in [0.25, 0.3) is 0 Å². The zero-order chi connectivity index (χ0) is 24.7. The highest BCUT2D eigenvalue weighted by Crippen LogP contribution is 2.29. The van der Waals surface area contributed by atoms with Crippen LogP contribution in [0.4, 0.5) is 0 Å². The summed E-state index contributed by atoms with van der Waals surface area (Å²) < 4.78 is 0. The summed E-state index contributed by atoms with van der Waals surface area (Å²) >= 11 is 0. The highest BCUT2D eigenvalue weighted by molar-refractivity contribution is 4.67. The van der Waals surface area contributed by atoms with Crippen LogP contribution in [0.3, 0.4) is 0 Å². The SMILES string of the molecule is CCC1CCCC1.CCCC1CCCCC1.CCCCC1CCCCC1.NCCC1CCCC1. The Morgan fingerprint density at radius 2 is 0.824 bits per heavy atom. The Morgan fingerprint density at radius 3 is 1.18 bits per heavy atom. The van der Waals surface area contributed by atoms with E-state index in [0.717, 1.165) is 30.2 Å². The van der Waals surface area contributed by atoms with Crippen molar-refractivity contribution in [2.75, 3.05) is 6.54 Å². The molecule has 4 aliphatic rings. The van der Waals surface area contributed by atoms with Gasteiger partial charge in [0.1, 0.15) is 0 Å². The lowest BCUT2D eigenvalue weighted by atomic mass is 9.86. The molecule has 2 N–H and O–H groups in total. The van der Waals surface area contributed by atoms with E-state index in [-0.39, 0.29) is 0 Å². The van der Waals surface area contributed by atoms with Gasteiger partial charge in [0.15, 0.2) is 0 Å². The minimum Gasteiger partial charge on any atom is -0.330 e. The Bertz CT molecular complexity index is 379. The minimum absolute atomic E-state index is 0.894. The van der Waals surface area contributed by atoms with Gasteiger partial charge in [-0.05, 0) is 36.6 Å². The normalized spacial score (nSPS) is 22.2. The molecule has 1 nitrogen and oxygen atoms in total. The third-order valence-electron chi connectivity index (χ3n) is 9.21. The predicted octanol–water partition coefficient (Wildman–Crippen LogP) is 11.2. The summed E-state index contributed by atoms with van der Waals surface area (Å²) in [4.78, 5) is 0. The van der Waals surface area contributed by atoms with Gasteiger partial charge in [-0.2, -0.15) is 0 Å². The van der Waals surface area contributed by atoms with Gasteiger partial charge in [-0.3, -0.25) is 0 Å². The Morgan fingerprint density at radius 1 is 0.441 bits per heavy atom. The monoisotopic (exact) mass is 478 g/mol. The van der Waals surface area contributed by atoms with Gasteiger partial charge in [0.25, 0.3) is 0 Å². The zero-order valence-corrected chi connectivity index (χ0v) is 24.3. The van der Waals surface area contributed by atoms with Crippen LogP contribution in [-0.4, -0.2) is 6.54 Å². The smallest absolute Gasteiger partial charge is 0.00746 e. The maximum atomic E-state index is 5.41. The molecule has 0 aromatic carbocycles. The number of hydrogen-bond donors (Lipinski definition) is 1. The lowest BCUT2D eigenvalue weighted by molar-refractivity contribution is 0.331. The van der Waals surface area contributed by atoms with Gasteiger partial charge in [0.2, 0.25) is 0 Å². The van der Waals surface area contributed by atoms with Crippen molar-refractivity contribution in [3.8, 4) is 0 Å². The molecule has 0 spiro atoms. The molecule has 4 aliphatic carbocycles. The molecular formula is C33H67N. The van der Waals surface area contributed by atoms with Crippen LogP contribution in [0.15, 0.2) is 0 Å². The molecule has 0 unspecified atom stereocenters.